The number of carbonyl (C=O) groups is 1. The Balaban J connectivity index is 1.34. The molecule has 1 aliphatic rings. The SMILES string of the molecule is O=C(NCC1CCCO1)Nc1cccc(COCCOc2ccccc2)c1. The third-order valence-corrected chi connectivity index (χ3v) is 4.21. The molecule has 6 heteroatoms. The predicted molar refractivity (Wildman–Crippen MR) is 104 cm³/mol. The number of urea groups is 1. The van der Waals surface area contributed by atoms with E-state index >= 15 is 0 Å². The first kappa shape index (κ1) is 19.2. The fourth-order valence-electron chi connectivity index (χ4n) is 2.85. The summed E-state index contributed by atoms with van der Waals surface area (Å²) in [5.74, 6) is 0.835. The Labute approximate surface area is 159 Å². The zero-order valence-corrected chi connectivity index (χ0v) is 15.4. The van der Waals surface area contributed by atoms with Crippen LogP contribution in [0, 0.1) is 0 Å². The smallest absolute Gasteiger partial charge is 0.319 e. The number of para-hydroxylation sites is 1. The molecule has 2 aromatic rings. The lowest BCUT2D eigenvalue weighted by Crippen LogP contribution is -2.35. The Morgan fingerprint density at radius 1 is 1.11 bits per heavy atom. The molecule has 1 unspecified atom stereocenters. The van der Waals surface area contributed by atoms with Crippen LogP contribution in [0.4, 0.5) is 10.5 Å². The minimum absolute atomic E-state index is 0.133. The number of hydrogen-bond acceptors (Lipinski definition) is 4. The van der Waals surface area contributed by atoms with E-state index in [0.29, 0.717) is 26.4 Å². The summed E-state index contributed by atoms with van der Waals surface area (Å²) >= 11 is 0. The summed E-state index contributed by atoms with van der Waals surface area (Å²) in [5, 5.41) is 5.69. The van der Waals surface area contributed by atoms with E-state index in [9.17, 15) is 4.79 Å². The lowest BCUT2D eigenvalue weighted by Gasteiger charge is -2.12. The first-order valence-electron chi connectivity index (χ1n) is 9.30. The highest BCUT2D eigenvalue weighted by molar-refractivity contribution is 5.89. The summed E-state index contributed by atoms with van der Waals surface area (Å²) in [5.41, 5.74) is 1.73. The Kier molecular flexibility index (Phi) is 7.50. The van der Waals surface area contributed by atoms with Gasteiger partial charge in [-0.1, -0.05) is 30.3 Å². The molecular formula is C21H26N2O4. The van der Waals surface area contributed by atoms with E-state index in [4.69, 9.17) is 14.2 Å². The Morgan fingerprint density at radius 2 is 2.00 bits per heavy atom. The van der Waals surface area contributed by atoms with Crippen LogP contribution in [0.2, 0.25) is 0 Å². The van der Waals surface area contributed by atoms with Gasteiger partial charge in [0.2, 0.25) is 0 Å². The van der Waals surface area contributed by atoms with Crippen LogP contribution in [0.3, 0.4) is 0 Å². The maximum Gasteiger partial charge on any atom is 0.319 e. The summed E-state index contributed by atoms with van der Waals surface area (Å²) in [7, 11) is 0. The van der Waals surface area contributed by atoms with Gasteiger partial charge in [-0.2, -0.15) is 0 Å². The van der Waals surface area contributed by atoms with Crippen LogP contribution in [0.25, 0.3) is 0 Å². The zero-order valence-electron chi connectivity index (χ0n) is 15.4. The molecule has 1 aliphatic heterocycles. The van der Waals surface area contributed by atoms with E-state index in [2.05, 4.69) is 10.6 Å². The molecule has 0 spiro atoms. The highest BCUT2D eigenvalue weighted by atomic mass is 16.5. The maximum absolute atomic E-state index is 12.0. The van der Waals surface area contributed by atoms with Crippen LogP contribution in [0.1, 0.15) is 18.4 Å². The van der Waals surface area contributed by atoms with E-state index in [1.807, 2.05) is 54.6 Å². The van der Waals surface area contributed by atoms with Crippen molar-refractivity contribution < 1.29 is 19.0 Å². The number of amides is 2. The predicted octanol–water partition coefficient (Wildman–Crippen LogP) is 3.58. The average molecular weight is 370 g/mol. The van der Waals surface area contributed by atoms with Gasteiger partial charge < -0.3 is 24.8 Å². The molecule has 144 valence electrons. The van der Waals surface area contributed by atoms with Gasteiger partial charge in [-0.25, -0.2) is 4.79 Å². The van der Waals surface area contributed by atoms with E-state index in [1.54, 1.807) is 0 Å². The van der Waals surface area contributed by atoms with E-state index in [-0.39, 0.29) is 12.1 Å². The average Bonchev–Trinajstić information content (AvgIpc) is 3.21. The van der Waals surface area contributed by atoms with Crippen molar-refractivity contribution >= 4 is 11.7 Å². The van der Waals surface area contributed by atoms with Gasteiger partial charge in [-0.05, 0) is 42.7 Å². The molecule has 0 aliphatic carbocycles. The van der Waals surface area contributed by atoms with Crippen LogP contribution < -0.4 is 15.4 Å². The molecular weight excluding hydrogens is 344 g/mol. The third kappa shape index (κ3) is 6.92. The quantitative estimate of drug-likeness (QED) is 0.662. The summed E-state index contributed by atoms with van der Waals surface area (Å²) in [6, 6.07) is 17.1. The van der Waals surface area contributed by atoms with Crippen molar-refractivity contribution in [2.75, 3.05) is 31.7 Å². The fraction of sp³-hybridized carbons (Fsp3) is 0.381. The molecule has 2 amide bonds. The minimum atomic E-state index is -0.222. The number of carbonyl (C=O) groups excluding carboxylic acids is 1. The number of hydrogen-bond donors (Lipinski definition) is 2. The molecule has 1 atom stereocenters. The second-order valence-corrected chi connectivity index (χ2v) is 6.38. The standard InChI is InChI=1S/C21H26N2O4/c24-21(22-15-20-10-5-11-26-20)23-18-7-4-6-17(14-18)16-25-12-13-27-19-8-2-1-3-9-19/h1-4,6-9,14,20H,5,10-13,15-16H2,(H2,22,23,24). The van der Waals surface area contributed by atoms with Crippen LogP contribution >= 0.6 is 0 Å². The largest absolute Gasteiger partial charge is 0.491 e. The Morgan fingerprint density at radius 3 is 2.81 bits per heavy atom. The maximum atomic E-state index is 12.0. The van der Waals surface area contributed by atoms with Crippen molar-refractivity contribution in [3.63, 3.8) is 0 Å². The van der Waals surface area contributed by atoms with Crippen LogP contribution in [0.15, 0.2) is 54.6 Å². The van der Waals surface area contributed by atoms with Gasteiger partial charge in [0.25, 0.3) is 0 Å². The second kappa shape index (κ2) is 10.5. The van der Waals surface area contributed by atoms with Gasteiger partial charge in [0.05, 0.1) is 19.3 Å². The van der Waals surface area contributed by atoms with Gasteiger partial charge in [0.1, 0.15) is 12.4 Å². The van der Waals surface area contributed by atoms with E-state index in [0.717, 1.165) is 36.4 Å². The molecule has 3 rings (SSSR count). The summed E-state index contributed by atoms with van der Waals surface area (Å²) in [6.07, 6.45) is 2.20. The molecule has 0 aromatic heterocycles. The lowest BCUT2D eigenvalue weighted by molar-refractivity contribution is 0.0889. The number of anilines is 1. The van der Waals surface area contributed by atoms with Crippen molar-refractivity contribution in [1.29, 1.82) is 0 Å². The molecule has 2 aromatic carbocycles. The van der Waals surface area contributed by atoms with Gasteiger partial charge in [0.15, 0.2) is 0 Å². The highest BCUT2D eigenvalue weighted by Gasteiger charge is 2.16. The Bertz CT molecular complexity index is 702. The van der Waals surface area contributed by atoms with E-state index < -0.39 is 0 Å². The van der Waals surface area contributed by atoms with Gasteiger partial charge >= 0.3 is 6.03 Å². The van der Waals surface area contributed by atoms with Crippen molar-refractivity contribution in [1.82, 2.24) is 5.32 Å². The summed E-state index contributed by atoms with van der Waals surface area (Å²) in [6.45, 7) is 2.77. The molecule has 1 saturated heterocycles. The molecule has 0 saturated carbocycles. The number of nitrogens with one attached hydrogen (secondary N) is 2. The van der Waals surface area contributed by atoms with Crippen molar-refractivity contribution in [3.05, 3.63) is 60.2 Å². The molecule has 27 heavy (non-hydrogen) atoms. The molecule has 0 radical (unpaired) electrons. The van der Waals surface area contributed by atoms with Crippen molar-refractivity contribution in [3.8, 4) is 5.75 Å². The summed E-state index contributed by atoms with van der Waals surface area (Å²) < 4.78 is 16.7. The van der Waals surface area contributed by atoms with Gasteiger partial charge in [0, 0.05) is 18.8 Å². The fourth-order valence-corrected chi connectivity index (χ4v) is 2.85. The third-order valence-electron chi connectivity index (χ3n) is 4.21. The van der Waals surface area contributed by atoms with Crippen LogP contribution in [-0.2, 0) is 16.1 Å². The van der Waals surface area contributed by atoms with Crippen LogP contribution in [-0.4, -0.2) is 38.5 Å². The second-order valence-electron chi connectivity index (χ2n) is 6.38. The zero-order chi connectivity index (χ0) is 18.7. The lowest BCUT2D eigenvalue weighted by atomic mass is 10.2. The van der Waals surface area contributed by atoms with Gasteiger partial charge in [-0.15, -0.1) is 0 Å². The molecule has 6 nitrogen and oxygen atoms in total. The first-order chi connectivity index (χ1) is 13.3. The molecule has 0 bridgehead atoms. The number of rotatable bonds is 9. The number of benzene rings is 2. The minimum Gasteiger partial charge on any atom is -0.491 e. The molecule has 2 N–H and O–H groups in total. The monoisotopic (exact) mass is 370 g/mol. The molecule has 1 heterocycles. The highest BCUT2D eigenvalue weighted by Crippen LogP contribution is 2.13. The van der Waals surface area contributed by atoms with Crippen molar-refractivity contribution in [2.24, 2.45) is 0 Å². The topological polar surface area (TPSA) is 68.8 Å². The van der Waals surface area contributed by atoms with Crippen LogP contribution in [0.5, 0.6) is 5.75 Å². The van der Waals surface area contributed by atoms with Crippen molar-refractivity contribution in [2.45, 2.75) is 25.6 Å². The first-order valence-corrected chi connectivity index (χ1v) is 9.30. The number of ether oxygens (including phenoxy) is 3. The Hall–Kier alpha value is -2.57. The van der Waals surface area contributed by atoms with E-state index in [1.165, 1.54) is 0 Å². The molecule has 1 fully saturated rings. The van der Waals surface area contributed by atoms with Gasteiger partial charge in [-0.3, -0.25) is 0 Å². The normalized spacial score (nSPS) is 16.1. The summed E-state index contributed by atoms with van der Waals surface area (Å²) in [4.78, 5) is 12.0.